The molecule has 0 aliphatic rings. The molecule has 2 rings (SSSR count). The Bertz CT molecular complexity index is 716. The Hall–Kier alpha value is -2.22. The fourth-order valence-corrected chi connectivity index (χ4v) is 2.51. The first-order chi connectivity index (χ1) is 10.1. The molecular weight excluding hydrogens is 258 g/mol. The lowest BCUT2D eigenvalue weighted by atomic mass is 10.1. The van der Waals surface area contributed by atoms with Crippen LogP contribution in [0.4, 0.5) is 5.69 Å². The van der Waals surface area contributed by atoms with Crippen molar-refractivity contribution in [3.63, 3.8) is 0 Å². The van der Waals surface area contributed by atoms with Crippen LogP contribution in [0.3, 0.4) is 0 Å². The van der Waals surface area contributed by atoms with E-state index in [0.29, 0.717) is 0 Å². The number of nitrogens with zero attached hydrogens (tertiary/aromatic N) is 1. The van der Waals surface area contributed by atoms with Crippen molar-refractivity contribution in [2.75, 3.05) is 19.1 Å². The summed E-state index contributed by atoms with van der Waals surface area (Å²) in [4.78, 5) is 2.26. The second-order valence-corrected chi connectivity index (χ2v) is 5.29. The molecule has 0 aliphatic heterocycles. The van der Waals surface area contributed by atoms with Gasteiger partial charge in [-0.2, -0.15) is 0 Å². The molecule has 2 nitrogen and oxygen atoms in total. The molecule has 0 heterocycles. The average Bonchev–Trinajstić information content (AvgIpc) is 2.50. The van der Waals surface area contributed by atoms with Gasteiger partial charge in [-0.25, -0.2) is 0 Å². The molecule has 21 heavy (non-hydrogen) atoms. The normalized spacial score (nSPS) is 11.5. The van der Waals surface area contributed by atoms with Gasteiger partial charge >= 0.3 is 0 Å². The topological polar surface area (TPSA) is 12.5 Å². The first kappa shape index (κ1) is 15.2. The SMILES string of the molecule is C=c1c(C)ccc(N(C)Cc2ccc(OC)cc2)/c1=C\C. The zero-order valence-electron chi connectivity index (χ0n) is 13.3. The number of benzene rings is 2. The molecule has 2 aromatic rings. The molecule has 0 saturated heterocycles. The largest absolute Gasteiger partial charge is 0.497 e. The van der Waals surface area contributed by atoms with E-state index in [4.69, 9.17) is 4.74 Å². The molecule has 0 aliphatic carbocycles. The van der Waals surface area contributed by atoms with Crippen LogP contribution < -0.4 is 20.1 Å². The molecule has 110 valence electrons. The number of aryl methyl sites for hydroxylation is 1. The highest BCUT2D eigenvalue weighted by Gasteiger charge is 2.05. The molecule has 0 unspecified atom stereocenters. The lowest BCUT2D eigenvalue weighted by Gasteiger charge is -2.21. The molecule has 0 fully saturated rings. The molecule has 0 bridgehead atoms. The van der Waals surface area contributed by atoms with Crippen LogP contribution in [0.2, 0.25) is 0 Å². The van der Waals surface area contributed by atoms with E-state index in [2.05, 4.69) is 62.7 Å². The summed E-state index contributed by atoms with van der Waals surface area (Å²) in [6.45, 7) is 9.21. The van der Waals surface area contributed by atoms with E-state index in [1.807, 2.05) is 12.1 Å². The molecule has 0 aromatic heterocycles. The third-order valence-corrected chi connectivity index (χ3v) is 3.85. The lowest BCUT2D eigenvalue weighted by molar-refractivity contribution is 0.414. The van der Waals surface area contributed by atoms with Gasteiger partial charge in [0.15, 0.2) is 0 Å². The third-order valence-electron chi connectivity index (χ3n) is 3.85. The maximum atomic E-state index is 5.20. The summed E-state index contributed by atoms with van der Waals surface area (Å²) in [7, 11) is 3.80. The lowest BCUT2D eigenvalue weighted by Crippen LogP contribution is -2.33. The quantitative estimate of drug-likeness (QED) is 0.854. The molecule has 0 spiro atoms. The van der Waals surface area contributed by atoms with Gasteiger partial charge in [-0.05, 0) is 48.4 Å². The van der Waals surface area contributed by atoms with Gasteiger partial charge in [-0.15, -0.1) is 0 Å². The van der Waals surface area contributed by atoms with Crippen LogP contribution in [0.15, 0.2) is 36.4 Å². The number of hydrogen-bond acceptors (Lipinski definition) is 2. The zero-order valence-corrected chi connectivity index (χ0v) is 13.3. The Morgan fingerprint density at radius 1 is 1.14 bits per heavy atom. The fourth-order valence-electron chi connectivity index (χ4n) is 2.51. The summed E-state index contributed by atoms with van der Waals surface area (Å²) in [5.41, 5.74) is 3.69. The van der Waals surface area contributed by atoms with Gasteiger partial charge in [-0.1, -0.05) is 30.9 Å². The molecule has 0 amide bonds. The minimum absolute atomic E-state index is 0.854. The minimum Gasteiger partial charge on any atom is -0.497 e. The highest BCUT2D eigenvalue weighted by Crippen LogP contribution is 2.15. The first-order valence-electron chi connectivity index (χ1n) is 7.15. The Balaban J connectivity index is 2.30. The Kier molecular flexibility index (Phi) is 4.69. The van der Waals surface area contributed by atoms with Crippen LogP contribution in [0.25, 0.3) is 12.7 Å². The van der Waals surface area contributed by atoms with E-state index in [1.165, 1.54) is 22.0 Å². The van der Waals surface area contributed by atoms with Crippen LogP contribution in [0.1, 0.15) is 18.1 Å². The minimum atomic E-state index is 0.854. The van der Waals surface area contributed by atoms with Crippen molar-refractivity contribution < 1.29 is 4.74 Å². The van der Waals surface area contributed by atoms with Gasteiger partial charge in [0.25, 0.3) is 0 Å². The molecule has 0 N–H and O–H groups in total. The summed E-state index contributed by atoms with van der Waals surface area (Å²) < 4.78 is 5.20. The number of hydrogen-bond donors (Lipinski definition) is 0. The Labute approximate surface area is 127 Å². The molecular formula is C19H23NO. The fraction of sp³-hybridized carbons (Fsp3) is 0.263. The van der Waals surface area contributed by atoms with Crippen molar-refractivity contribution in [1.82, 2.24) is 0 Å². The van der Waals surface area contributed by atoms with Gasteiger partial charge in [0, 0.05) is 24.5 Å². The van der Waals surface area contributed by atoms with Gasteiger partial charge in [0.1, 0.15) is 5.75 Å². The number of ether oxygens (including phenoxy) is 1. The van der Waals surface area contributed by atoms with Gasteiger partial charge in [0.2, 0.25) is 0 Å². The van der Waals surface area contributed by atoms with E-state index in [9.17, 15) is 0 Å². The van der Waals surface area contributed by atoms with Gasteiger partial charge < -0.3 is 9.64 Å². The van der Waals surface area contributed by atoms with Gasteiger partial charge in [0.05, 0.1) is 7.11 Å². The number of methoxy groups -OCH3 is 1. The Morgan fingerprint density at radius 3 is 2.38 bits per heavy atom. The van der Waals surface area contributed by atoms with Crippen LogP contribution in [0, 0.1) is 6.92 Å². The summed E-state index contributed by atoms with van der Waals surface area (Å²) in [6.07, 6.45) is 2.13. The van der Waals surface area contributed by atoms with Crippen molar-refractivity contribution in [2.24, 2.45) is 0 Å². The average molecular weight is 281 g/mol. The highest BCUT2D eigenvalue weighted by molar-refractivity contribution is 5.53. The monoisotopic (exact) mass is 281 g/mol. The van der Waals surface area contributed by atoms with Crippen LogP contribution in [0.5, 0.6) is 5.75 Å². The summed E-state index contributed by atoms with van der Waals surface area (Å²) in [5, 5.41) is 2.32. The summed E-state index contributed by atoms with van der Waals surface area (Å²) in [6, 6.07) is 12.5. The van der Waals surface area contributed by atoms with E-state index in [0.717, 1.165) is 17.5 Å². The molecule has 2 heteroatoms. The van der Waals surface area contributed by atoms with Crippen molar-refractivity contribution in [1.29, 1.82) is 0 Å². The smallest absolute Gasteiger partial charge is 0.118 e. The van der Waals surface area contributed by atoms with E-state index in [1.54, 1.807) is 7.11 Å². The molecule has 0 radical (unpaired) electrons. The van der Waals surface area contributed by atoms with Crippen molar-refractivity contribution in [3.8, 4) is 5.75 Å². The predicted molar refractivity (Wildman–Crippen MR) is 91.2 cm³/mol. The highest BCUT2D eigenvalue weighted by atomic mass is 16.5. The van der Waals surface area contributed by atoms with Crippen molar-refractivity contribution in [2.45, 2.75) is 20.4 Å². The number of anilines is 1. The second-order valence-electron chi connectivity index (χ2n) is 5.29. The standard InChI is InChI=1S/C19H23NO/c1-6-18-15(3)14(2)7-12-19(18)20(4)13-16-8-10-17(21-5)11-9-16/h6-12H,3,13H2,1-2,4-5H3/b18-6-. The first-order valence-corrected chi connectivity index (χ1v) is 7.15. The van der Waals surface area contributed by atoms with Crippen LogP contribution >= 0.6 is 0 Å². The van der Waals surface area contributed by atoms with E-state index >= 15 is 0 Å². The maximum Gasteiger partial charge on any atom is 0.118 e. The third kappa shape index (κ3) is 3.27. The summed E-state index contributed by atoms with van der Waals surface area (Å²) >= 11 is 0. The van der Waals surface area contributed by atoms with Crippen LogP contribution in [-0.4, -0.2) is 14.2 Å². The second kappa shape index (κ2) is 6.49. The molecule has 2 aromatic carbocycles. The predicted octanol–water partition coefficient (Wildman–Crippen LogP) is 2.85. The van der Waals surface area contributed by atoms with Gasteiger partial charge in [-0.3, -0.25) is 0 Å². The van der Waals surface area contributed by atoms with E-state index < -0.39 is 0 Å². The molecule has 0 saturated carbocycles. The zero-order chi connectivity index (χ0) is 15.4. The van der Waals surface area contributed by atoms with Crippen LogP contribution in [-0.2, 0) is 6.54 Å². The summed E-state index contributed by atoms with van der Waals surface area (Å²) in [5.74, 6) is 0.888. The van der Waals surface area contributed by atoms with E-state index in [-0.39, 0.29) is 0 Å². The molecule has 0 atom stereocenters. The van der Waals surface area contributed by atoms with Crippen molar-refractivity contribution in [3.05, 3.63) is 58.0 Å². The van der Waals surface area contributed by atoms with Crippen molar-refractivity contribution >= 4 is 18.3 Å². The Morgan fingerprint density at radius 2 is 1.81 bits per heavy atom. The number of rotatable bonds is 4. The maximum absolute atomic E-state index is 5.20.